The molecular weight excluding hydrogens is 232 g/mol. The molecule has 6 heteroatoms. The van der Waals surface area contributed by atoms with E-state index in [-0.39, 0.29) is 0 Å². The maximum atomic E-state index is 11.3. The van der Waals surface area contributed by atoms with E-state index < -0.39 is 5.97 Å². The van der Waals surface area contributed by atoms with Gasteiger partial charge in [0.15, 0.2) is 5.82 Å². The Balaban J connectivity index is 2.65. The average molecular weight is 246 g/mol. The van der Waals surface area contributed by atoms with Crippen LogP contribution in [0.1, 0.15) is 35.6 Å². The Morgan fingerprint density at radius 3 is 2.67 bits per heavy atom. The van der Waals surface area contributed by atoms with Crippen molar-refractivity contribution in [1.82, 2.24) is 19.7 Å². The first-order valence-electron chi connectivity index (χ1n) is 5.79. The minimum Gasteiger partial charge on any atom is -0.478 e. The van der Waals surface area contributed by atoms with Crippen LogP contribution in [0.5, 0.6) is 0 Å². The molecule has 18 heavy (non-hydrogen) atoms. The predicted molar refractivity (Wildman–Crippen MR) is 64.9 cm³/mol. The van der Waals surface area contributed by atoms with Gasteiger partial charge in [-0.3, -0.25) is 0 Å². The largest absolute Gasteiger partial charge is 0.478 e. The molecule has 0 aliphatic carbocycles. The topological polar surface area (TPSA) is 80.9 Å². The van der Waals surface area contributed by atoms with Crippen LogP contribution in [0.25, 0.3) is 5.82 Å². The molecule has 0 aliphatic heterocycles. The molecular formula is C12H14N4O2. The van der Waals surface area contributed by atoms with Crippen molar-refractivity contribution in [2.75, 3.05) is 0 Å². The normalized spacial score (nSPS) is 10.6. The van der Waals surface area contributed by atoms with Crippen LogP contribution in [0, 0.1) is 0 Å². The summed E-state index contributed by atoms with van der Waals surface area (Å²) in [4.78, 5) is 19.3. The fourth-order valence-electron chi connectivity index (χ4n) is 1.92. The maximum Gasteiger partial charge on any atom is 0.339 e. The zero-order valence-corrected chi connectivity index (χ0v) is 10.3. The molecule has 0 amide bonds. The highest BCUT2D eigenvalue weighted by Gasteiger charge is 2.22. The molecule has 0 aromatic carbocycles. The lowest BCUT2D eigenvalue weighted by molar-refractivity contribution is 0.0694. The van der Waals surface area contributed by atoms with Gasteiger partial charge in [0, 0.05) is 12.3 Å². The second-order valence-electron chi connectivity index (χ2n) is 3.76. The number of hydrogen-bond acceptors (Lipinski definition) is 4. The molecule has 0 bridgehead atoms. The second kappa shape index (κ2) is 4.95. The van der Waals surface area contributed by atoms with Crippen molar-refractivity contribution in [3.05, 3.63) is 35.5 Å². The first-order valence-corrected chi connectivity index (χ1v) is 5.79. The predicted octanol–water partition coefficient (Wildman–Crippen LogP) is 1.49. The highest BCUT2D eigenvalue weighted by atomic mass is 16.4. The van der Waals surface area contributed by atoms with Gasteiger partial charge < -0.3 is 5.11 Å². The van der Waals surface area contributed by atoms with E-state index in [0.29, 0.717) is 35.6 Å². The van der Waals surface area contributed by atoms with Crippen LogP contribution in [-0.4, -0.2) is 30.8 Å². The number of carboxylic acids is 1. The molecule has 0 saturated heterocycles. The summed E-state index contributed by atoms with van der Waals surface area (Å²) in [6.07, 6.45) is 4.18. The van der Waals surface area contributed by atoms with Crippen LogP contribution in [0.4, 0.5) is 0 Å². The molecule has 0 aliphatic rings. The molecule has 6 nitrogen and oxygen atoms in total. The molecule has 0 saturated carbocycles. The highest BCUT2D eigenvalue weighted by molar-refractivity contribution is 5.90. The molecule has 0 radical (unpaired) electrons. The van der Waals surface area contributed by atoms with Crippen LogP contribution >= 0.6 is 0 Å². The van der Waals surface area contributed by atoms with Crippen molar-refractivity contribution >= 4 is 5.97 Å². The smallest absolute Gasteiger partial charge is 0.339 e. The van der Waals surface area contributed by atoms with E-state index >= 15 is 0 Å². The summed E-state index contributed by atoms with van der Waals surface area (Å²) in [5.74, 6) is -0.354. The van der Waals surface area contributed by atoms with E-state index in [1.807, 2.05) is 13.8 Å². The van der Waals surface area contributed by atoms with Crippen molar-refractivity contribution < 1.29 is 9.90 Å². The van der Waals surface area contributed by atoms with E-state index in [2.05, 4.69) is 15.1 Å². The number of carboxylic acid groups (broad SMARTS) is 1. The Kier molecular flexibility index (Phi) is 3.36. The Bertz CT molecular complexity index is 563. The minimum atomic E-state index is -0.941. The van der Waals surface area contributed by atoms with Gasteiger partial charge in [0.05, 0.1) is 11.4 Å². The van der Waals surface area contributed by atoms with Crippen molar-refractivity contribution in [1.29, 1.82) is 0 Å². The standard InChI is InChI=1S/C12H14N4O2/c1-3-8-11(12(17)18)9(4-2)16(15-8)10-5-6-13-7-14-10/h5-7H,3-4H2,1-2H3,(H,17,18). The molecule has 2 aromatic heterocycles. The Labute approximate surface area is 104 Å². The average Bonchev–Trinajstić information content (AvgIpc) is 2.78. The fourth-order valence-corrected chi connectivity index (χ4v) is 1.92. The van der Waals surface area contributed by atoms with Crippen molar-refractivity contribution in [3.63, 3.8) is 0 Å². The summed E-state index contributed by atoms with van der Waals surface area (Å²) >= 11 is 0. The van der Waals surface area contributed by atoms with Crippen LogP contribution < -0.4 is 0 Å². The molecule has 2 heterocycles. The molecule has 0 spiro atoms. The van der Waals surface area contributed by atoms with Crippen LogP contribution in [0.3, 0.4) is 0 Å². The van der Waals surface area contributed by atoms with E-state index in [9.17, 15) is 9.90 Å². The van der Waals surface area contributed by atoms with E-state index in [4.69, 9.17) is 0 Å². The van der Waals surface area contributed by atoms with E-state index in [1.165, 1.54) is 6.33 Å². The molecule has 1 N–H and O–H groups in total. The number of carbonyl (C=O) groups is 1. The van der Waals surface area contributed by atoms with E-state index in [1.54, 1.807) is 16.9 Å². The Hall–Kier alpha value is -2.24. The second-order valence-corrected chi connectivity index (χ2v) is 3.76. The van der Waals surface area contributed by atoms with Gasteiger partial charge in [-0.05, 0) is 12.8 Å². The van der Waals surface area contributed by atoms with Crippen LogP contribution in [0.15, 0.2) is 18.6 Å². The first kappa shape index (κ1) is 12.2. The van der Waals surface area contributed by atoms with Gasteiger partial charge in [0.1, 0.15) is 11.9 Å². The summed E-state index contributed by atoms with van der Waals surface area (Å²) in [5.41, 5.74) is 1.54. The SMILES string of the molecule is CCc1nn(-c2ccncn2)c(CC)c1C(=O)O. The molecule has 0 unspecified atom stereocenters. The molecule has 2 rings (SSSR count). The monoisotopic (exact) mass is 246 g/mol. The fraction of sp³-hybridized carbons (Fsp3) is 0.333. The third kappa shape index (κ3) is 1.97. The zero-order chi connectivity index (χ0) is 13.1. The molecule has 2 aromatic rings. The van der Waals surface area contributed by atoms with Gasteiger partial charge in [-0.25, -0.2) is 19.4 Å². The van der Waals surface area contributed by atoms with Gasteiger partial charge >= 0.3 is 5.97 Å². The molecule has 0 atom stereocenters. The van der Waals surface area contributed by atoms with Gasteiger partial charge in [0.25, 0.3) is 0 Å². The lowest BCUT2D eigenvalue weighted by atomic mass is 10.1. The van der Waals surface area contributed by atoms with Gasteiger partial charge in [-0.15, -0.1) is 0 Å². The van der Waals surface area contributed by atoms with E-state index in [0.717, 1.165) is 0 Å². The highest BCUT2D eigenvalue weighted by Crippen LogP contribution is 2.19. The Morgan fingerprint density at radius 1 is 1.39 bits per heavy atom. The van der Waals surface area contributed by atoms with Crippen molar-refractivity contribution in [2.24, 2.45) is 0 Å². The maximum absolute atomic E-state index is 11.3. The van der Waals surface area contributed by atoms with Gasteiger partial charge in [0.2, 0.25) is 0 Å². The quantitative estimate of drug-likeness (QED) is 0.883. The molecule has 94 valence electrons. The Morgan fingerprint density at radius 2 is 2.17 bits per heavy atom. The van der Waals surface area contributed by atoms with Gasteiger partial charge in [-0.1, -0.05) is 13.8 Å². The first-order chi connectivity index (χ1) is 8.69. The van der Waals surface area contributed by atoms with Crippen molar-refractivity contribution in [3.8, 4) is 5.82 Å². The number of rotatable bonds is 4. The number of aromatic carboxylic acids is 1. The summed E-state index contributed by atoms with van der Waals surface area (Å²) < 4.78 is 1.59. The number of hydrogen-bond donors (Lipinski definition) is 1. The number of nitrogens with zero attached hydrogens (tertiary/aromatic N) is 4. The molecule has 0 fully saturated rings. The lowest BCUT2D eigenvalue weighted by Gasteiger charge is -2.04. The summed E-state index contributed by atoms with van der Waals surface area (Å²) in [5, 5.41) is 13.6. The van der Waals surface area contributed by atoms with Gasteiger partial charge in [-0.2, -0.15) is 5.10 Å². The third-order valence-corrected chi connectivity index (χ3v) is 2.72. The lowest BCUT2D eigenvalue weighted by Crippen LogP contribution is -2.07. The third-order valence-electron chi connectivity index (χ3n) is 2.72. The summed E-state index contributed by atoms with van der Waals surface area (Å²) in [7, 11) is 0. The van der Waals surface area contributed by atoms with Crippen LogP contribution in [0.2, 0.25) is 0 Å². The minimum absolute atomic E-state index is 0.290. The number of aryl methyl sites for hydroxylation is 1. The summed E-state index contributed by atoms with van der Waals surface area (Å²) in [6.45, 7) is 3.79. The van der Waals surface area contributed by atoms with Crippen LogP contribution in [-0.2, 0) is 12.8 Å². The summed E-state index contributed by atoms with van der Waals surface area (Å²) in [6, 6.07) is 1.71. The number of aromatic nitrogens is 4. The zero-order valence-electron chi connectivity index (χ0n) is 10.3. The van der Waals surface area contributed by atoms with Crippen molar-refractivity contribution in [2.45, 2.75) is 26.7 Å².